The zero-order valence-corrected chi connectivity index (χ0v) is 7.71. The van der Waals surface area contributed by atoms with Gasteiger partial charge in [-0.3, -0.25) is 0 Å². The van der Waals surface area contributed by atoms with E-state index in [0.717, 1.165) is 36.6 Å². The summed E-state index contributed by atoms with van der Waals surface area (Å²) in [6.07, 6.45) is 2.51. The van der Waals surface area contributed by atoms with Gasteiger partial charge in [-0.2, -0.15) is 0 Å². The summed E-state index contributed by atoms with van der Waals surface area (Å²) < 4.78 is 5.36. The van der Waals surface area contributed by atoms with Gasteiger partial charge in [-0.1, -0.05) is 0 Å². The second-order valence-corrected chi connectivity index (χ2v) is 2.98. The summed E-state index contributed by atoms with van der Waals surface area (Å²) in [7, 11) is 0. The molecule has 0 atom stereocenters. The van der Waals surface area contributed by atoms with Crippen molar-refractivity contribution in [1.29, 1.82) is 0 Å². The molecule has 0 fully saturated rings. The van der Waals surface area contributed by atoms with E-state index in [1.165, 1.54) is 0 Å². The first-order chi connectivity index (χ1) is 6.42. The number of anilines is 1. The van der Waals surface area contributed by atoms with Gasteiger partial charge in [0.2, 0.25) is 0 Å². The molecule has 0 radical (unpaired) electrons. The SMILES string of the molecule is CCNc1ncnc2c1COCC2. The van der Waals surface area contributed by atoms with Crippen molar-refractivity contribution in [3.8, 4) is 0 Å². The highest BCUT2D eigenvalue weighted by Gasteiger charge is 2.14. The third kappa shape index (κ3) is 1.62. The van der Waals surface area contributed by atoms with Crippen molar-refractivity contribution in [1.82, 2.24) is 9.97 Å². The molecular weight excluding hydrogens is 166 g/mol. The quantitative estimate of drug-likeness (QED) is 0.735. The highest BCUT2D eigenvalue weighted by atomic mass is 16.5. The Morgan fingerprint density at radius 2 is 2.46 bits per heavy atom. The minimum absolute atomic E-state index is 0.637. The van der Waals surface area contributed by atoms with Gasteiger partial charge in [0.05, 0.1) is 18.9 Å². The Balaban J connectivity index is 2.34. The van der Waals surface area contributed by atoms with Crippen LogP contribution in [0.3, 0.4) is 0 Å². The van der Waals surface area contributed by atoms with Gasteiger partial charge in [-0.05, 0) is 6.92 Å². The van der Waals surface area contributed by atoms with E-state index in [1.807, 2.05) is 0 Å². The van der Waals surface area contributed by atoms with Crippen molar-refractivity contribution in [2.75, 3.05) is 18.5 Å². The molecule has 0 unspecified atom stereocenters. The molecule has 0 aromatic carbocycles. The third-order valence-electron chi connectivity index (χ3n) is 2.11. The molecule has 0 bridgehead atoms. The number of aromatic nitrogens is 2. The molecule has 1 aromatic heterocycles. The minimum atomic E-state index is 0.637. The van der Waals surface area contributed by atoms with Crippen LogP contribution < -0.4 is 5.32 Å². The number of fused-ring (bicyclic) bond motifs is 1. The summed E-state index contributed by atoms with van der Waals surface area (Å²) in [4.78, 5) is 8.41. The maximum Gasteiger partial charge on any atom is 0.135 e. The Kier molecular flexibility index (Phi) is 2.40. The molecule has 0 aliphatic carbocycles. The average Bonchev–Trinajstić information content (AvgIpc) is 2.19. The number of ether oxygens (including phenoxy) is 1. The maximum absolute atomic E-state index is 5.36. The van der Waals surface area contributed by atoms with Crippen LogP contribution in [0.1, 0.15) is 18.2 Å². The Bertz CT molecular complexity index is 301. The van der Waals surface area contributed by atoms with E-state index < -0.39 is 0 Å². The molecule has 0 saturated heterocycles. The Labute approximate surface area is 77.4 Å². The van der Waals surface area contributed by atoms with Gasteiger partial charge in [0, 0.05) is 18.5 Å². The third-order valence-corrected chi connectivity index (χ3v) is 2.11. The highest BCUT2D eigenvalue weighted by molar-refractivity contribution is 5.46. The average molecular weight is 179 g/mol. The summed E-state index contributed by atoms with van der Waals surface area (Å²) in [6.45, 7) is 4.34. The van der Waals surface area contributed by atoms with Gasteiger partial charge >= 0.3 is 0 Å². The fourth-order valence-electron chi connectivity index (χ4n) is 1.48. The molecular formula is C9H13N3O. The first-order valence-electron chi connectivity index (χ1n) is 4.56. The molecule has 1 N–H and O–H groups in total. The Morgan fingerprint density at radius 1 is 1.54 bits per heavy atom. The first-order valence-corrected chi connectivity index (χ1v) is 4.56. The van der Waals surface area contributed by atoms with Crippen molar-refractivity contribution in [3.05, 3.63) is 17.6 Å². The second kappa shape index (κ2) is 3.70. The first kappa shape index (κ1) is 8.44. The molecule has 70 valence electrons. The fraction of sp³-hybridized carbons (Fsp3) is 0.556. The fourth-order valence-corrected chi connectivity index (χ4v) is 1.48. The van der Waals surface area contributed by atoms with E-state index in [1.54, 1.807) is 6.33 Å². The van der Waals surface area contributed by atoms with Crippen LogP contribution in [0.2, 0.25) is 0 Å². The van der Waals surface area contributed by atoms with Crippen LogP contribution in [-0.4, -0.2) is 23.1 Å². The Morgan fingerprint density at radius 3 is 3.31 bits per heavy atom. The molecule has 2 rings (SSSR count). The molecule has 1 aliphatic heterocycles. The molecule has 0 amide bonds. The van der Waals surface area contributed by atoms with Crippen molar-refractivity contribution < 1.29 is 4.74 Å². The number of nitrogens with zero attached hydrogens (tertiary/aromatic N) is 2. The number of hydrogen-bond acceptors (Lipinski definition) is 4. The molecule has 0 saturated carbocycles. The zero-order chi connectivity index (χ0) is 9.10. The lowest BCUT2D eigenvalue weighted by Gasteiger charge is -2.17. The summed E-state index contributed by atoms with van der Waals surface area (Å²) in [6, 6.07) is 0. The number of rotatable bonds is 2. The molecule has 1 aliphatic rings. The van der Waals surface area contributed by atoms with Crippen molar-refractivity contribution in [3.63, 3.8) is 0 Å². The second-order valence-electron chi connectivity index (χ2n) is 2.98. The van der Waals surface area contributed by atoms with E-state index in [4.69, 9.17) is 4.74 Å². The summed E-state index contributed by atoms with van der Waals surface area (Å²) in [5, 5.41) is 3.20. The van der Waals surface area contributed by atoms with Crippen molar-refractivity contribution >= 4 is 5.82 Å². The molecule has 1 aromatic rings. The van der Waals surface area contributed by atoms with Gasteiger partial charge in [-0.15, -0.1) is 0 Å². The van der Waals surface area contributed by atoms with E-state index in [2.05, 4.69) is 22.2 Å². The van der Waals surface area contributed by atoms with Gasteiger partial charge in [-0.25, -0.2) is 9.97 Å². The van der Waals surface area contributed by atoms with E-state index >= 15 is 0 Å². The highest BCUT2D eigenvalue weighted by Crippen LogP contribution is 2.20. The van der Waals surface area contributed by atoms with Gasteiger partial charge < -0.3 is 10.1 Å². The van der Waals surface area contributed by atoms with E-state index in [9.17, 15) is 0 Å². The lowest BCUT2D eigenvalue weighted by Crippen LogP contribution is -2.15. The van der Waals surface area contributed by atoms with Crippen LogP contribution in [0.5, 0.6) is 0 Å². The van der Waals surface area contributed by atoms with Crippen LogP contribution in [0.15, 0.2) is 6.33 Å². The van der Waals surface area contributed by atoms with Crippen LogP contribution in [0, 0.1) is 0 Å². The van der Waals surface area contributed by atoms with E-state index in [0.29, 0.717) is 6.61 Å². The van der Waals surface area contributed by atoms with Crippen molar-refractivity contribution in [2.45, 2.75) is 20.0 Å². The predicted octanol–water partition coefficient (Wildman–Crippen LogP) is 0.981. The lowest BCUT2D eigenvalue weighted by molar-refractivity contribution is 0.109. The van der Waals surface area contributed by atoms with E-state index in [-0.39, 0.29) is 0 Å². The molecule has 4 heteroatoms. The van der Waals surface area contributed by atoms with Crippen LogP contribution in [0.4, 0.5) is 5.82 Å². The van der Waals surface area contributed by atoms with Gasteiger partial charge in [0.15, 0.2) is 0 Å². The normalized spacial score (nSPS) is 15.2. The smallest absolute Gasteiger partial charge is 0.135 e. The largest absolute Gasteiger partial charge is 0.376 e. The molecule has 0 spiro atoms. The van der Waals surface area contributed by atoms with Gasteiger partial charge in [0.25, 0.3) is 0 Å². The summed E-state index contributed by atoms with van der Waals surface area (Å²) >= 11 is 0. The molecule has 2 heterocycles. The lowest BCUT2D eigenvalue weighted by atomic mass is 10.1. The Hall–Kier alpha value is -1.16. The monoisotopic (exact) mass is 179 g/mol. The van der Waals surface area contributed by atoms with Crippen LogP contribution in [0.25, 0.3) is 0 Å². The topological polar surface area (TPSA) is 47.0 Å². The summed E-state index contributed by atoms with van der Waals surface area (Å²) in [5.41, 5.74) is 2.24. The predicted molar refractivity (Wildman–Crippen MR) is 49.6 cm³/mol. The zero-order valence-electron chi connectivity index (χ0n) is 7.71. The standard InChI is InChI=1S/C9H13N3O/c1-2-10-9-7-5-13-4-3-8(7)11-6-12-9/h6H,2-5H2,1H3,(H,10,11,12). The number of nitrogens with one attached hydrogen (secondary N) is 1. The molecule has 13 heavy (non-hydrogen) atoms. The minimum Gasteiger partial charge on any atom is -0.376 e. The van der Waals surface area contributed by atoms with Crippen LogP contribution >= 0.6 is 0 Å². The number of hydrogen-bond donors (Lipinski definition) is 1. The van der Waals surface area contributed by atoms with Gasteiger partial charge in [0.1, 0.15) is 12.1 Å². The maximum atomic E-state index is 5.36. The van der Waals surface area contributed by atoms with Crippen LogP contribution in [-0.2, 0) is 17.8 Å². The van der Waals surface area contributed by atoms with Crippen molar-refractivity contribution in [2.24, 2.45) is 0 Å². The summed E-state index contributed by atoms with van der Waals surface area (Å²) in [5.74, 6) is 0.923. The molecule has 4 nitrogen and oxygen atoms in total.